The summed E-state index contributed by atoms with van der Waals surface area (Å²) < 4.78 is 0. The first-order chi connectivity index (χ1) is 9.54. The number of hydrogen-bond acceptors (Lipinski definition) is 5. The van der Waals surface area contributed by atoms with E-state index in [0.29, 0.717) is 11.3 Å². The van der Waals surface area contributed by atoms with Crippen LogP contribution in [-0.4, -0.2) is 48.1 Å². The molecule has 0 amide bonds. The lowest BCUT2D eigenvalue weighted by molar-refractivity contribution is 0.371. The molecule has 3 rings (SSSR count). The Balaban J connectivity index is 2.04. The molecular formula is C14H19ClN4S. The van der Waals surface area contributed by atoms with Crippen molar-refractivity contribution in [3.05, 3.63) is 16.2 Å². The van der Waals surface area contributed by atoms with Crippen molar-refractivity contribution in [2.45, 2.75) is 25.8 Å². The smallest absolute Gasteiger partial charge is 0.225 e. The molecule has 1 atom stereocenters. The predicted molar refractivity (Wildman–Crippen MR) is 86.1 cm³/mol. The van der Waals surface area contributed by atoms with Gasteiger partial charge in [0.2, 0.25) is 5.28 Å². The zero-order valence-electron chi connectivity index (χ0n) is 12.1. The second-order valence-corrected chi connectivity index (χ2v) is 7.22. The van der Waals surface area contributed by atoms with Crippen LogP contribution in [0.25, 0.3) is 10.2 Å². The molecule has 4 nitrogen and oxygen atoms in total. The fraction of sp³-hybridized carbons (Fsp3) is 0.571. The highest BCUT2D eigenvalue weighted by Gasteiger charge is 2.28. The van der Waals surface area contributed by atoms with Gasteiger partial charge in [-0.1, -0.05) is 0 Å². The van der Waals surface area contributed by atoms with E-state index in [9.17, 15) is 0 Å². The number of likely N-dealkylation sites (N-methyl/N-ethyl adjacent to an activating group) is 1. The molecular weight excluding hydrogens is 292 g/mol. The van der Waals surface area contributed by atoms with Crippen molar-refractivity contribution in [1.29, 1.82) is 0 Å². The molecule has 6 heteroatoms. The van der Waals surface area contributed by atoms with E-state index in [1.165, 1.54) is 17.7 Å². The third-order valence-corrected chi connectivity index (χ3v) is 4.81. The van der Waals surface area contributed by atoms with Gasteiger partial charge in [0.05, 0.1) is 5.39 Å². The maximum absolute atomic E-state index is 6.11. The number of aryl methyl sites for hydroxylation is 1. The van der Waals surface area contributed by atoms with Gasteiger partial charge < -0.3 is 9.80 Å². The van der Waals surface area contributed by atoms with Gasteiger partial charge >= 0.3 is 0 Å². The van der Waals surface area contributed by atoms with E-state index in [1.54, 1.807) is 11.3 Å². The maximum atomic E-state index is 6.11. The summed E-state index contributed by atoms with van der Waals surface area (Å²) in [5.41, 5.74) is 0. The number of rotatable bonds is 3. The van der Waals surface area contributed by atoms with Crippen LogP contribution in [0.3, 0.4) is 0 Å². The third kappa shape index (κ3) is 2.62. The summed E-state index contributed by atoms with van der Waals surface area (Å²) in [7, 11) is 4.24. The van der Waals surface area contributed by atoms with Gasteiger partial charge in [-0.05, 0) is 51.5 Å². The topological polar surface area (TPSA) is 32.3 Å². The van der Waals surface area contributed by atoms with E-state index in [-0.39, 0.29) is 0 Å². The maximum Gasteiger partial charge on any atom is 0.225 e. The quantitative estimate of drug-likeness (QED) is 0.815. The highest BCUT2D eigenvalue weighted by atomic mass is 35.5. The molecule has 0 bridgehead atoms. The molecule has 0 aromatic carbocycles. The Morgan fingerprint density at radius 2 is 2.25 bits per heavy atom. The van der Waals surface area contributed by atoms with Crippen LogP contribution in [0.15, 0.2) is 6.07 Å². The monoisotopic (exact) mass is 310 g/mol. The summed E-state index contributed by atoms with van der Waals surface area (Å²) in [5, 5.41) is 1.49. The SMILES string of the molecule is Cc1cc2c(N3CCCC3CN(C)C)nc(Cl)nc2s1. The number of thiophene rings is 1. The zero-order valence-corrected chi connectivity index (χ0v) is 13.6. The summed E-state index contributed by atoms with van der Waals surface area (Å²) in [6, 6.07) is 2.69. The molecule has 0 spiro atoms. The van der Waals surface area contributed by atoms with Crippen molar-refractivity contribution in [2.75, 3.05) is 32.1 Å². The number of hydrogen-bond donors (Lipinski definition) is 0. The molecule has 1 fully saturated rings. The molecule has 0 N–H and O–H groups in total. The van der Waals surface area contributed by atoms with E-state index in [2.05, 4.69) is 46.9 Å². The first kappa shape index (κ1) is 14.0. The lowest BCUT2D eigenvalue weighted by Crippen LogP contribution is -2.38. The lowest BCUT2D eigenvalue weighted by atomic mass is 10.2. The van der Waals surface area contributed by atoms with Crippen LogP contribution in [-0.2, 0) is 0 Å². The van der Waals surface area contributed by atoms with Crippen molar-refractivity contribution >= 4 is 39.0 Å². The summed E-state index contributed by atoms with van der Waals surface area (Å²) in [5.74, 6) is 1.01. The van der Waals surface area contributed by atoms with Gasteiger partial charge in [-0.2, -0.15) is 4.98 Å². The van der Waals surface area contributed by atoms with E-state index in [4.69, 9.17) is 11.6 Å². The number of nitrogens with zero attached hydrogens (tertiary/aromatic N) is 4. The Labute approximate surface area is 128 Å². The van der Waals surface area contributed by atoms with E-state index >= 15 is 0 Å². The summed E-state index contributed by atoms with van der Waals surface area (Å²) in [6.07, 6.45) is 2.43. The minimum Gasteiger partial charge on any atom is -0.352 e. The van der Waals surface area contributed by atoms with Crippen LogP contribution in [0, 0.1) is 6.92 Å². The molecule has 108 valence electrons. The van der Waals surface area contributed by atoms with Crippen LogP contribution >= 0.6 is 22.9 Å². The molecule has 20 heavy (non-hydrogen) atoms. The van der Waals surface area contributed by atoms with Crippen molar-refractivity contribution in [3.8, 4) is 0 Å². The minimum absolute atomic E-state index is 0.352. The van der Waals surface area contributed by atoms with Crippen LogP contribution < -0.4 is 4.90 Å². The Kier molecular flexibility index (Phi) is 3.84. The molecule has 1 saturated heterocycles. The van der Waals surface area contributed by atoms with Gasteiger partial charge in [0, 0.05) is 24.0 Å². The van der Waals surface area contributed by atoms with Crippen LogP contribution in [0.5, 0.6) is 0 Å². The molecule has 1 aliphatic rings. The Hall–Kier alpha value is -0.910. The van der Waals surface area contributed by atoms with Gasteiger partial charge in [-0.25, -0.2) is 4.98 Å². The van der Waals surface area contributed by atoms with Crippen LogP contribution in [0.1, 0.15) is 17.7 Å². The minimum atomic E-state index is 0.352. The third-order valence-electron chi connectivity index (χ3n) is 3.69. The van der Waals surface area contributed by atoms with E-state index < -0.39 is 0 Å². The molecule has 0 radical (unpaired) electrons. The summed E-state index contributed by atoms with van der Waals surface area (Å²) in [4.78, 5) is 15.8. The molecule has 0 saturated carbocycles. The second-order valence-electron chi connectivity index (χ2n) is 5.64. The molecule has 1 aliphatic heterocycles. The lowest BCUT2D eigenvalue weighted by Gasteiger charge is -2.28. The highest BCUT2D eigenvalue weighted by molar-refractivity contribution is 7.18. The van der Waals surface area contributed by atoms with Gasteiger partial charge in [0.25, 0.3) is 0 Å². The van der Waals surface area contributed by atoms with Gasteiger partial charge in [-0.3, -0.25) is 0 Å². The Bertz CT molecular complexity index is 625. The van der Waals surface area contributed by atoms with Gasteiger partial charge in [0.15, 0.2) is 0 Å². The molecule has 0 aliphatic carbocycles. The van der Waals surface area contributed by atoms with E-state index in [0.717, 1.165) is 29.1 Å². The fourth-order valence-corrected chi connectivity index (χ4v) is 4.04. The Morgan fingerprint density at radius 3 is 3.00 bits per heavy atom. The Morgan fingerprint density at radius 1 is 1.45 bits per heavy atom. The molecule has 3 heterocycles. The first-order valence-electron chi connectivity index (χ1n) is 6.89. The number of fused-ring (bicyclic) bond motifs is 1. The van der Waals surface area contributed by atoms with Gasteiger partial charge in [0.1, 0.15) is 10.6 Å². The van der Waals surface area contributed by atoms with Crippen molar-refractivity contribution in [2.24, 2.45) is 0 Å². The van der Waals surface area contributed by atoms with Crippen molar-refractivity contribution < 1.29 is 0 Å². The standard InChI is InChI=1S/C14H19ClN4S/c1-9-7-11-12(16-14(15)17-13(11)20-9)19-6-4-5-10(19)8-18(2)3/h7,10H,4-6,8H2,1-3H3. The fourth-order valence-electron chi connectivity index (χ4n) is 2.95. The molecule has 2 aromatic heterocycles. The van der Waals surface area contributed by atoms with Gasteiger partial charge in [-0.15, -0.1) is 11.3 Å². The van der Waals surface area contributed by atoms with Crippen molar-refractivity contribution in [3.63, 3.8) is 0 Å². The van der Waals surface area contributed by atoms with Crippen LogP contribution in [0.2, 0.25) is 5.28 Å². The van der Waals surface area contributed by atoms with E-state index in [1.807, 2.05) is 0 Å². The average molecular weight is 311 g/mol. The number of aromatic nitrogens is 2. The van der Waals surface area contributed by atoms with Crippen molar-refractivity contribution in [1.82, 2.24) is 14.9 Å². The number of halogens is 1. The summed E-state index contributed by atoms with van der Waals surface area (Å²) >= 11 is 7.79. The normalized spacial score (nSPS) is 19.4. The summed E-state index contributed by atoms with van der Waals surface area (Å²) in [6.45, 7) is 4.20. The highest BCUT2D eigenvalue weighted by Crippen LogP contribution is 2.35. The van der Waals surface area contributed by atoms with Crippen LogP contribution in [0.4, 0.5) is 5.82 Å². The second kappa shape index (κ2) is 5.47. The first-order valence-corrected chi connectivity index (χ1v) is 8.09. The zero-order chi connectivity index (χ0) is 14.3. The molecule has 1 unspecified atom stereocenters. The largest absolute Gasteiger partial charge is 0.352 e. The predicted octanol–water partition coefficient (Wildman–Crippen LogP) is 3.18. The average Bonchev–Trinajstić information content (AvgIpc) is 2.93. The molecule has 2 aromatic rings. The number of anilines is 1.